The Kier molecular flexibility index (Phi) is 15.8. The molecular weight excluding hydrogens is 989 g/mol. The Morgan fingerprint density at radius 3 is 1.96 bits per heavy atom. The van der Waals surface area contributed by atoms with Gasteiger partial charge < -0.3 is 99.2 Å². The van der Waals surface area contributed by atoms with E-state index in [9.17, 15) is 70.9 Å². The van der Waals surface area contributed by atoms with Gasteiger partial charge in [0.2, 0.25) is 6.29 Å². The van der Waals surface area contributed by atoms with Gasteiger partial charge in [0.05, 0.1) is 30.8 Å². The van der Waals surface area contributed by atoms with Gasteiger partial charge in [0.25, 0.3) is 0 Å². The summed E-state index contributed by atoms with van der Waals surface area (Å²) in [6.07, 6.45) is -23.1. The number of aliphatic carboxylic acids is 1. The first kappa shape index (κ1) is 57.6. The monoisotopic (exact) mass is 1070 g/mol. The third-order valence-corrected chi connectivity index (χ3v) is 21.0. The van der Waals surface area contributed by atoms with Gasteiger partial charge >= 0.3 is 11.9 Å². The molecule has 0 aromatic rings. The molecule has 22 nitrogen and oxygen atoms in total. The standard InChI is InChI=1S/C53H84O22/c1-22-30(56)33(59)36(62)44(69-22)72-39-38(64)40(73-43-35(61)31(57)25(55)21-68-43)46(74-41(39)42(65)66)71-29-12-13-50(6)27(49(29,4)5)11-14-52(8)28(50)10-9-23-24-19-48(2,3)15-17-53(24,18-16-51(23,52)7)47(67)75-45-37(63)34(60)32(58)26(20-54)70-45/h9,22,24-41,43-46,54-64H,10-21H2,1-8H3,(H,65,66)/t22-,24-,25+,26+,27-,28+,29-,30-,31-,32+,33+,34-,35+,36+,37+,38-,39-,40+,41-,43-,44-,45-,46+,50-,51+,52+,53-/m0/s1. The lowest BCUT2D eigenvalue weighted by Gasteiger charge is -2.71. The number of carbonyl (C=O) groups is 2. The second-order valence-corrected chi connectivity index (χ2v) is 25.8. The van der Waals surface area contributed by atoms with Gasteiger partial charge in [0.15, 0.2) is 25.0 Å². The molecule has 4 saturated carbocycles. The van der Waals surface area contributed by atoms with Gasteiger partial charge in [-0.15, -0.1) is 0 Å². The lowest BCUT2D eigenvalue weighted by molar-refractivity contribution is -0.385. The molecule has 5 aliphatic carbocycles. The predicted molar refractivity (Wildman–Crippen MR) is 256 cm³/mol. The van der Waals surface area contributed by atoms with Crippen LogP contribution in [0.15, 0.2) is 11.6 Å². The van der Waals surface area contributed by atoms with Crippen molar-refractivity contribution in [3.63, 3.8) is 0 Å². The van der Waals surface area contributed by atoms with Gasteiger partial charge in [-0.05, 0) is 116 Å². The number of carbonyl (C=O) groups excluding carboxylic acids is 1. The Balaban J connectivity index is 0.977. The molecule has 9 rings (SSSR count). The molecule has 0 aromatic carbocycles. The zero-order valence-electron chi connectivity index (χ0n) is 44.3. The summed E-state index contributed by atoms with van der Waals surface area (Å²) in [4.78, 5) is 27.8. The minimum Gasteiger partial charge on any atom is -0.479 e. The highest BCUT2D eigenvalue weighted by atomic mass is 16.8. The SMILES string of the molecule is C[C@@H]1O[C@@H](O[C@H]2[C@H](O)[C@@H](O[C@@H]3OC[C@@H](O)[C@H](O)[C@H]3O)[C@H](O[C@H]3CC[C@]4(C)[C@H]5CC=C6[C@@H]7CC(C)(C)CC[C@]7(C(=O)O[C@@H]7O[C@H](CO)[C@@H](O)[C@H](O)[C@H]7O)CC[C@@]6(C)[C@]5(C)CC[C@H]4C3(C)C)O[C@@H]2C(=O)O)[C@H](O)[C@H](O)[C@H]1O. The Morgan fingerprint density at radius 1 is 0.640 bits per heavy atom. The van der Waals surface area contributed by atoms with E-state index in [0.29, 0.717) is 32.1 Å². The van der Waals surface area contributed by atoms with Gasteiger partial charge in [0, 0.05) is 0 Å². The van der Waals surface area contributed by atoms with Crippen LogP contribution in [-0.4, -0.2) is 209 Å². The lowest BCUT2D eigenvalue weighted by atomic mass is 9.33. The highest BCUT2D eigenvalue weighted by molar-refractivity contribution is 5.79. The normalized spacial score (nSPS) is 53.5. The average molecular weight is 1070 g/mol. The fourth-order valence-corrected chi connectivity index (χ4v) is 16.1. The fraction of sp³-hybridized carbons (Fsp3) is 0.925. The van der Waals surface area contributed by atoms with Crippen molar-refractivity contribution in [3.8, 4) is 0 Å². The smallest absolute Gasteiger partial charge is 0.335 e. The van der Waals surface area contributed by atoms with Crippen LogP contribution in [0.4, 0.5) is 0 Å². The van der Waals surface area contributed by atoms with E-state index in [0.717, 1.165) is 32.1 Å². The summed E-state index contributed by atoms with van der Waals surface area (Å²) < 4.78 is 47.9. The second-order valence-electron chi connectivity index (χ2n) is 25.8. The number of aliphatic hydroxyl groups is 11. The molecule has 0 aromatic heterocycles. The number of allylic oxidation sites excluding steroid dienone is 2. The molecule has 0 bridgehead atoms. The van der Waals surface area contributed by atoms with Crippen LogP contribution >= 0.6 is 0 Å². The van der Waals surface area contributed by atoms with E-state index in [1.807, 2.05) is 0 Å². The van der Waals surface area contributed by atoms with Crippen LogP contribution in [0.2, 0.25) is 0 Å². The first-order chi connectivity index (χ1) is 35.0. The molecule has 22 heteroatoms. The van der Waals surface area contributed by atoms with E-state index in [1.165, 1.54) is 12.5 Å². The minimum absolute atomic E-state index is 0.0401. The van der Waals surface area contributed by atoms with Gasteiger partial charge in [0.1, 0.15) is 79.4 Å². The van der Waals surface area contributed by atoms with Crippen molar-refractivity contribution < 1.29 is 109 Å². The van der Waals surface area contributed by atoms with E-state index in [2.05, 4.69) is 54.5 Å². The van der Waals surface area contributed by atoms with Crippen molar-refractivity contribution in [3.05, 3.63) is 11.6 Å². The van der Waals surface area contributed by atoms with Crippen LogP contribution in [0.25, 0.3) is 0 Å². The number of carboxylic acids is 1. The van der Waals surface area contributed by atoms with Crippen LogP contribution in [0.3, 0.4) is 0 Å². The Bertz CT molecular complexity index is 2120. The van der Waals surface area contributed by atoms with Crippen LogP contribution < -0.4 is 0 Å². The van der Waals surface area contributed by atoms with Crippen molar-refractivity contribution >= 4 is 11.9 Å². The number of hydrogen-bond acceptors (Lipinski definition) is 21. The maximum Gasteiger partial charge on any atom is 0.335 e. The average Bonchev–Trinajstić information content (AvgIpc) is 3.35. The number of hydrogen-bond donors (Lipinski definition) is 12. The number of rotatable bonds is 10. The number of carboxylic acid groups (broad SMARTS) is 1. The topological polar surface area (TPSA) is 351 Å². The van der Waals surface area contributed by atoms with Crippen LogP contribution in [0.5, 0.6) is 0 Å². The van der Waals surface area contributed by atoms with Crippen molar-refractivity contribution in [2.75, 3.05) is 13.2 Å². The van der Waals surface area contributed by atoms with Gasteiger partial charge in [-0.1, -0.05) is 60.1 Å². The molecule has 4 heterocycles. The molecule has 4 aliphatic heterocycles. The summed E-state index contributed by atoms with van der Waals surface area (Å²) in [6, 6.07) is 0. The number of fused-ring (bicyclic) bond motifs is 7. The third kappa shape index (κ3) is 9.36. The summed E-state index contributed by atoms with van der Waals surface area (Å²) in [5.41, 5.74) is -1.27. The molecular formula is C53H84O22. The van der Waals surface area contributed by atoms with Crippen LogP contribution in [0.1, 0.15) is 120 Å². The first-order valence-electron chi connectivity index (χ1n) is 27.1. The molecule has 27 atom stereocenters. The molecule has 0 spiro atoms. The van der Waals surface area contributed by atoms with Crippen molar-refractivity contribution in [2.24, 2.45) is 50.2 Å². The molecule has 0 unspecified atom stereocenters. The number of esters is 1. The summed E-state index contributed by atoms with van der Waals surface area (Å²) in [5, 5.41) is 128. The largest absolute Gasteiger partial charge is 0.479 e. The summed E-state index contributed by atoms with van der Waals surface area (Å²) >= 11 is 0. The number of aliphatic hydroxyl groups excluding tert-OH is 11. The van der Waals surface area contributed by atoms with Gasteiger partial charge in [-0.2, -0.15) is 0 Å². The fourth-order valence-electron chi connectivity index (χ4n) is 16.1. The van der Waals surface area contributed by atoms with E-state index >= 15 is 0 Å². The molecule has 12 N–H and O–H groups in total. The maximum absolute atomic E-state index is 14.8. The Hall–Kier alpha value is -2.04. The third-order valence-electron chi connectivity index (χ3n) is 21.0. The summed E-state index contributed by atoms with van der Waals surface area (Å²) in [5.74, 6) is -2.09. The van der Waals surface area contributed by atoms with Crippen molar-refractivity contribution in [1.82, 2.24) is 0 Å². The predicted octanol–water partition coefficient (Wildman–Crippen LogP) is -0.276. The molecule has 0 amide bonds. The zero-order valence-corrected chi connectivity index (χ0v) is 44.3. The van der Waals surface area contributed by atoms with Gasteiger partial charge in [-0.25, -0.2) is 4.79 Å². The van der Waals surface area contributed by atoms with Gasteiger partial charge in [-0.3, -0.25) is 4.79 Å². The highest BCUT2D eigenvalue weighted by Crippen LogP contribution is 2.76. The lowest BCUT2D eigenvalue weighted by Crippen LogP contribution is -2.68. The molecule has 428 valence electrons. The Morgan fingerprint density at radius 2 is 1.28 bits per heavy atom. The van der Waals surface area contributed by atoms with E-state index < -0.39 is 159 Å². The molecule has 75 heavy (non-hydrogen) atoms. The summed E-state index contributed by atoms with van der Waals surface area (Å²) in [6.45, 7) is 16.0. The molecule has 4 saturated heterocycles. The maximum atomic E-state index is 14.8. The minimum atomic E-state index is -1.97. The summed E-state index contributed by atoms with van der Waals surface area (Å²) in [7, 11) is 0. The highest BCUT2D eigenvalue weighted by Gasteiger charge is 2.70. The number of ether oxygens (including phenoxy) is 8. The molecule has 8 fully saturated rings. The Labute approximate surface area is 437 Å². The molecule has 0 radical (unpaired) electrons. The first-order valence-corrected chi connectivity index (χ1v) is 27.1. The van der Waals surface area contributed by atoms with E-state index in [1.54, 1.807) is 0 Å². The van der Waals surface area contributed by atoms with Crippen LogP contribution in [-0.2, 0) is 47.5 Å². The molecule has 9 aliphatic rings. The van der Waals surface area contributed by atoms with E-state index in [4.69, 9.17) is 37.9 Å². The van der Waals surface area contributed by atoms with Crippen molar-refractivity contribution in [1.29, 1.82) is 0 Å². The zero-order chi connectivity index (χ0) is 54.9. The van der Waals surface area contributed by atoms with Crippen molar-refractivity contribution in [2.45, 2.75) is 242 Å². The quantitative estimate of drug-likeness (QED) is 0.0761. The second kappa shape index (κ2) is 20.5. The van der Waals surface area contributed by atoms with E-state index in [-0.39, 0.29) is 39.4 Å². The van der Waals surface area contributed by atoms with Crippen LogP contribution in [0, 0.1) is 50.2 Å².